The highest BCUT2D eigenvalue weighted by Crippen LogP contribution is 2.23. The molecular formula is C26H27N3O4. The maximum Gasteiger partial charge on any atom is 0.253 e. The molecule has 0 unspecified atom stereocenters. The second-order valence-electron chi connectivity index (χ2n) is 7.94. The van der Waals surface area contributed by atoms with E-state index in [1.54, 1.807) is 60.5 Å². The van der Waals surface area contributed by atoms with Crippen LogP contribution < -0.4 is 15.4 Å². The maximum atomic E-state index is 12.9. The van der Waals surface area contributed by atoms with E-state index in [0.29, 0.717) is 29.2 Å². The summed E-state index contributed by atoms with van der Waals surface area (Å²) in [5.74, 6) is 0.627. The fraction of sp³-hybridized carbons (Fsp3) is 0.231. The van der Waals surface area contributed by atoms with Gasteiger partial charge in [-0.2, -0.15) is 0 Å². The molecule has 0 spiro atoms. The Bertz CT molecular complexity index is 1090. The number of amides is 2. The smallest absolute Gasteiger partial charge is 0.253 e. The third kappa shape index (κ3) is 5.70. The second kappa shape index (κ2) is 10.2. The van der Waals surface area contributed by atoms with Crippen molar-refractivity contribution in [2.75, 3.05) is 38.3 Å². The number of anilines is 1. The van der Waals surface area contributed by atoms with Crippen molar-refractivity contribution in [2.45, 2.75) is 6.54 Å². The van der Waals surface area contributed by atoms with E-state index in [2.05, 4.69) is 29.2 Å². The minimum atomic E-state index is -0.485. The van der Waals surface area contributed by atoms with Gasteiger partial charge in [0.25, 0.3) is 5.91 Å². The van der Waals surface area contributed by atoms with Crippen LogP contribution in [0.2, 0.25) is 0 Å². The molecule has 3 aromatic carbocycles. The molecular weight excluding hydrogens is 418 g/mol. The van der Waals surface area contributed by atoms with Crippen molar-refractivity contribution < 1.29 is 19.1 Å². The van der Waals surface area contributed by atoms with Crippen LogP contribution in [0.5, 0.6) is 11.5 Å². The lowest BCUT2D eigenvalue weighted by Crippen LogP contribution is -2.36. The Morgan fingerprint density at radius 1 is 0.879 bits per heavy atom. The average Bonchev–Trinajstić information content (AvgIpc) is 2.85. The van der Waals surface area contributed by atoms with E-state index >= 15 is 0 Å². The highest BCUT2D eigenvalue weighted by Gasteiger charge is 2.14. The number of nitrogens with two attached hydrogens (primary N) is 1. The van der Waals surface area contributed by atoms with E-state index in [4.69, 9.17) is 15.2 Å². The molecule has 0 radical (unpaired) electrons. The van der Waals surface area contributed by atoms with Crippen molar-refractivity contribution in [3.63, 3.8) is 0 Å². The molecule has 1 aliphatic rings. The minimum absolute atomic E-state index is 0.0652. The second-order valence-corrected chi connectivity index (χ2v) is 7.94. The summed E-state index contributed by atoms with van der Waals surface area (Å²) in [4.78, 5) is 28.0. The van der Waals surface area contributed by atoms with Crippen molar-refractivity contribution in [3.05, 3.63) is 89.5 Å². The van der Waals surface area contributed by atoms with Gasteiger partial charge in [-0.1, -0.05) is 12.1 Å². The zero-order valence-electron chi connectivity index (χ0n) is 18.6. The molecule has 170 valence electrons. The summed E-state index contributed by atoms with van der Waals surface area (Å²) >= 11 is 0. The van der Waals surface area contributed by atoms with Crippen LogP contribution in [0.4, 0.5) is 5.69 Å². The van der Waals surface area contributed by atoms with Crippen LogP contribution in [0.3, 0.4) is 0 Å². The van der Waals surface area contributed by atoms with Gasteiger partial charge in [0.1, 0.15) is 11.5 Å². The normalized spacial score (nSPS) is 13.4. The molecule has 1 heterocycles. The van der Waals surface area contributed by atoms with Crippen molar-refractivity contribution in [1.82, 2.24) is 4.90 Å². The fourth-order valence-electron chi connectivity index (χ4n) is 3.69. The van der Waals surface area contributed by atoms with E-state index in [1.807, 2.05) is 0 Å². The lowest BCUT2D eigenvalue weighted by molar-refractivity contribution is 0.0785. The van der Waals surface area contributed by atoms with Gasteiger partial charge < -0.3 is 25.0 Å². The van der Waals surface area contributed by atoms with Crippen molar-refractivity contribution in [3.8, 4) is 11.5 Å². The maximum absolute atomic E-state index is 12.9. The number of ether oxygens (including phenoxy) is 2. The van der Waals surface area contributed by atoms with E-state index < -0.39 is 5.91 Å². The first-order chi connectivity index (χ1) is 16.0. The van der Waals surface area contributed by atoms with Crippen LogP contribution >= 0.6 is 0 Å². The molecule has 0 saturated carbocycles. The zero-order chi connectivity index (χ0) is 23.2. The number of hydrogen-bond acceptors (Lipinski definition) is 5. The van der Waals surface area contributed by atoms with Gasteiger partial charge in [0, 0.05) is 43.5 Å². The summed E-state index contributed by atoms with van der Waals surface area (Å²) in [6, 6.07) is 21.9. The number of primary amides is 1. The van der Waals surface area contributed by atoms with E-state index in [1.165, 1.54) is 5.69 Å². The standard InChI is InChI=1S/C26H27N3O4/c1-28(18-19-2-8-22(9-3-19)29-14-16-32-17-15-29)26(31)21-6-12-24(13-7-21)33-23-10-4-20(5-11-23)25(27)30/h2-13H,14-18H2,1H3,(H2,27,30). The highest BCUT2D eigenvalue weighted by molar-refractivity contribution is 5.94. The van der Waals surface area contributed by atoms with Crippen molar-refractivity contribution >= 4 is 17.5 Å². The van der Waals surface area contributed by atoms with Crippen molar-refractivity contribution in [1.29, 1.82) is 0 Å². The predicted octanol–water partition coefficient (Wildman–Crippen LogP) is 3.69. The monoisotopic (exact) mass is 445 g/mol. The van der Waals surface area contributed by atoms with E-state index in [-0.39, 0.29) is 5.91 Å². The third-order valence-electron chi connectivity index (χ3n) is 5.55. The summed E-state index contributed by atoms with van der Waals surface area (Å²) in [6.07, 6.45) is 0. The van der Waals surface area contributed by atoms with Gasteiger partial charge in [0.2, 0.25) is 5.91 Å². The Kier molecular flexibility index (Phi) is 6.90. The van der Waals surface area contributed by atoms with Gasteiger partial charge in [-0.05, 0) is 66.2 Å². The Balaban J connectivity index is 1.34. The molecule has 33 heavy (non-hydrogen) atoms. The SMILES string of the molecule is CN(Cc1ccc(N2CCOCC2)cc1)C(=O)c1ccc(Oc2ccc(C(N)=O)cc2)cc1. The number of morpholine rings is 1. The first-order valence-electron chi connectivity index (χ1n) is 10.8. The summed E-state index contributed by atoms with van der Waals surface area (Å²) < 4.78 is 11.2. The third-order valence-corrected chi connectivity index (χ3v) is 5.55. The molecule has 1 saturated heterocycles. The molecule has 0 atom stereocenters. The number of benzene rings is 3. The van der Waals surface area contributed by atoms with Crippen molar-refractivity contribution in [2.24, 2.45) is 5.73 Å². The summed E-state index contributed by atoms with van der Waals surface area (Å²) in [5.41, 5.74) is 8.50. The van der Waals surface area contributed by atoms with Crippen LogP contribution in [-0.4, -0.2) is 50.1 Å². The quantitative estimate of drug-likeness (QED) is 0.600. The van der Waals surface area contributed by atoms with Crippen LogP contribution in [0.1, 0.15) is 26.3 Å². The van der Waals surface area contributed by atoms with E-state index in [0.717, 1.165) is 31.9 Å². The van der Waals surface area contributed by atoms with Gasteiger partial charge in [-0.15, -0.1) is 0 Å². The lowest BCUT2D eigenvalue weighted by atomic mass is 10.1. The highest BCUT2D eigenvalue weighted by atomic mass is 16.5. The molecule has 3 aromatic rings. The number of nitrogens with zero attached hydrogens (tertiary/aromatic N) is 2. The molecule has 0 bridgehead atoms. The summed E-state index contributed by atoms with van der Waals surface area (Å²) in [7, 11) is 1.79. The Morgan fingerprint density at radius 3 is 1.97 bits per heavy atom. The topological polar surface area (TPSA) is 85.1 Å². The molecule has 1 aliphatic heterocycles. The molecule has 7 nitrogen and oxygen atoms in total. The Hall–Kier alpha value is -3.84. The summed E-state index contributed by atoms with van der Waals surface area (Å²) in [5, 5.41) is 0. The molecule has 0 aliphatic carbocycles. The predicted molar refractivity (Wildman–Crippen MR) is 127 cm³/mol. The van der Waals surface area contributed by atoms with Gasteiger partial charge in [-0.3, -0.25) is 9.59 Å². The molecule has 4 rings (SSSR count). The van der Waals surface area contributed by atoms with Gasteiger partial charge in [0.15, 0.2) is 0 Å². The number of carbonyl (C=O) groups excluding carboxylic acids is 2. The first-order valence-corrected chi connectivity index (χ1v) is 10.8. The lowest BCUT2D eigenvalue weighted by Gasteiger charge is -2.29. The molecule has 2 N–H and O–H groups in total. The van der Waals surface area contributed by atoms with Gasteiger partial charge in [-0.25, -0.2) is 0 Å². The number of hydrogen-bond donors (Lipinski definition) is 1. The average molecular weight is 446 g/mol. The number of carbonyl (C=O) groups is 2. The molecule has 2 amide bonds. The zero-order valence-corrected chi connectivity index (χ0v) is 18.6. The minimum Gasteiger partial charge on any atom is -0.457 e. The van der Waals surface area contributed by atoms with Crippen LogP contribution in [0.25, 0.3) is 0 Å². The van der Waals surface area contributed by atoms with Gasteiger partial charge >= 0.3 is 0 Å². The van der Waals surface area contributed by atoms with E-state index in [9.17, 15) is 9.59 Å². The molecule has 0 aromatic heterocycles. The summed E-state index contributed by atoms with van der Waals surface area (Å²) in [6.45, 7) is 3.83. The Labute approximate surface area is 193 Å². The largest absolute Gasteiger partial charge is 0.457 e. The molecule has 1 fully saturated rings. The molecule has 7 heteroatoms. The Morgan fingerprint density at radius 2 is 1.42 bits per heavy atom. The first kappa shape index (κ1) is 22.4. The van der Waals surface area contributed by atoms with Crippen LogP contribution in [-0.2, 0) is 11.3 Å². The van der Waals surface area contributed by atoms with Gasteiger partial charge in [0.05, 0.1) is 13.2 Å². The number of rotatable bonds is 7. The fourth-order valence-corrected chi connectivity index (χ4v) is 3.69. The van der Waals surface area contributed by atoms with Crippen LogP contribution in [0, 0.1) is 0 Å². The van der Waals surface area contributed by atoms with Crippen LogP contribution in [0.15, 0.2) is 72.8 Å².